The number of allylic oxidation sites excluding steroid dienone is 1. The zero-order valence-electron chi connectivity index (χ0n) is 20.0. The third-order valence-electron chi connectivity index (χ3n) is 5.84. The van der Waals surface area contributed by atoms with Crippen LogP contribution in [0.15, 0.2) is 46.8 Å². The second-order valence-electron chi connectivity index (χ2n) is 7.65. The van der Waals surface area contributed by atoms with E-state index in [0.717, 1.165) is 11.3 Å². The van der Waals surface area contributed by atoms with E-state index >= 15 is 0 Å². The second kappa shape index (κ2) is 9.90. The van der Waals surface area contributed by atoms with Crippen LogP contribution in [0.4, 0.5) is 0 Å². The maximum Gasteiger partial charge on any atom is 0.274 e. The zero-order chi connectivity index (χ0) is 26.0. The highest BCUT2D eigenvalue weighted by Gasteiger charge is 2.32. The van der Waals surface area contributed by atoms with E-state index in [1.54, 1.807) is 42.5 Å². The lowest BCUT2D eigenvalue weighted by Gasteiger charge is -2.23. The molecule has 1 aromatic heterocycles. The number of ether oxygens (including phenoxy) is 4. The molecule has 0 spiro atoms. The molecule has 1 aliphatic heterocycles. The summed E-state index contributed by atoms with van der Waals surface area (Å²) < 4.78 is 23.3. The summed E-state index contributed by atoms with van der Waals surface area (Å²) in [5.41, 5.74) is 7.59. The molecule has 4 rings (SSSR count). The molecule has 0 saturated heterocycles. The van der Waals surface area contributed by atoms with Gasteiger partial charge in [-0.25, -0.2) is 0 Å². The molecule has 182 valence electrons. The smallest absolute Gasteiger partial charge is 0.274 e. The normalized spacial score (nSPS) is 15.1. The van der Waals surface area contributed by atoms with Crippen LogP contribution in [-0.2, 0) is 0 Å². The highest BCUT2D eigenvalue weighted by molar-refractivity contribution is 7.07. The van der Waals surface area contributed by atoms with Crippen molar-refractivity contribution in [3.63, 3.8) is 0 Å². The Hall–Kier alpha value is -4.67. The largest absolute Gasteiger partial charge is 0.493 e. The molecule has 0 saturated carbocycles. The Kier molecular flexibility index (Phi) is 6.73. The Labute approximate surface area is 210 Å². The van der Waals surface area contributed by atoms with Crippen LogP contribution < -0.4 is 39.4 Å². The average molecular weight is 503 g/mol. The quantitative estimate of drug-likeness (QED) is 0.540. The summed E-state index contributed by atoms with van der Waals surface area (Å²) in [6.07, 6.45) is 1.68. The fourth-order valence-electron chi connectivity index (χ4n) is 4.11. The van der Waals surface area contributed by atoms with Gasteiger partial charge in [0.1, 0.15) is 10.5 Å². The minimum absolute atomic E-state index is 0.0144. The van der Waals surface area contributed by atoms with Crippen molar-refractivity contribution in [2.24, 2.45) is 5.73 Å². The third-order valence-corrected chi connectivity index (χ3v) is 6.94. The number of hydrogen-bond acceptors (Lipinski definition) is 9. The number of nitriles is 2. The minimum atomic E-state index is -0.771. The molecule has 2 aromatic carbocycles. The Morgan fingerprint density at radius 3 is 2.06 bits per heavy atom. The van der Waals surface area contributed by atoms with Gasteiger partial charge in [0.25, 0.3) is 5.56 Å². The van der Waals surface area contributed by atoms with E-state index in [9.17, 15) is 15.3 Å². The molecule has 0 unspecified atom stereocenters. The minimum Gasteiger partial charge on any atom is -0.493 e. The fraction of sp³-hybridized carbons (Fsp3) is 0.192. The van der Waals surface area contributed by atoms with Crippen molar-refractivity contribution >= 4 is 28.8 Å². The number of nitrogens with two attached hydrogens (primary N) is 1. The van der Waals surface area contributed by atoms with Gasteiger partial charge in [-0.05, 0) is 41.5 Å². The standard InChI is InChI=1S/C26H22N4O5S/c1-32-18-7-5-14(9-20(18)34-3)10-22-25(31)30-24(29)16(12-27)23(17(13-28)26(30)36-22)15-6-8-19(33-2)21(11-15)35-4/h5-11,23H,29H2,1-4H3/b22-10+/t23-/m0/s1. The van der Waals surface area contributed by atoms with Crippen molar-refractivity contribution in [1.29, 1.82) is 10.5 Å². The first-order valence-electron chi connectivity index (χ1n) is 10.6. The summed E-state index contributed by atoms with van der Waals surface area (Å²) in [5.74, 6) is 1.23. The summed E-state index contributed by atoms with van der Waals surface area (Å²) in [5, 5.41) is 20.1. The number of thiazole rings is 1. The Balaban J connectivity index is 1.99. The summed E-state index contributed by atoms with van der Waals surface area (Å²) in [7, 11) is 6.08. The summed E-state index contributed by atoms with van der Waals surface area (Å²) in [4.78, 5) is 13.4. The van der Waals surface area contributed by atoms with Crippen LogP contribution in [0.5, 0.6) is 23.0 Å². The molecule has 2 N–H and O–H groups in total. The van der Waals surface area contributed by atoms with Crippen LogP contribution >= 0.6 is 11.3 Å². The molecule has 0 fully saturated rings. The van der Waals surface area contributed by atoms with Crippen LogP contribution in [0.2, 0.25) is 0 Å². The topological polar surface area (TPSA) is 133 Å². The van der Waals surface area contributed by atoms with Crippen molar-refractivity contribution < 1.29 is 18.9 Å². The van der Waals surface area contributed by atoms with Gasteiger partial charge >= 0.3 is 0 Å². The molecule has 1 aliphatic rings. The highest BCUT2D eigenvalue weighted by Crippen LogP contribution is 2.39. The highest BCUT2D eigenvalue weighted by atomic mass is 32.1. The maximum atomic E-state index is 13.4. The molecule has 0 aliphatic carbocycles. The van der Waals surface area contributed by atoms with Gasteiger partial charge in [-0.2, -0.15) is 10.5 Å². The first kappa shape index (κ1) is 24.5. The summed E-state index contributed by atoms with van der Waals surface area (Å²) in [6.45, 7) is 0. The van der Waals surface area contributed by atoms with Crippen LogP contribution in [0.1, 0.15) is 17.0 Å². The van der Waals surface area contributed by atoms with Crippen LogP contribution in [0, 0.1) is 22.7 Å². The van der Waals surface area contributed by atoms with Gasteiger partial charge in [-0.3, -0.25) is 9.36 Å². The Morgan fingerprint density at radius 1 is 0.889 bits per heavy atom. The van der Waals surface area contributed by atoms with E-state index in [1.807, 2.05) is 0 Å². The predicted octanol–water partition coefficient (Wildman–Crippen LogP) is 1.90. The fourth-order valence-corrected chi connectivity index (χ4v) is 5.24. The Bertz CT molecular complexity index is 1650. The average Bonchev–Trinajstić information content (AvgIpc) is 3.23. The van der Waals surface area contributed by atoms with Gasteiger partial charge in [0.15, 0.2) is 23.0 Å². The van der Waals surface area contributed by atoms with E-state index < -0.39 is 11.5 Å². The van der Waals surface area contributed by atoms with Gasteiger partial charge in [-0.15, -0.1) is 11.3 Å². The molecule has 0 radical (unpaired) electrons. The zero-order valence-corrected chi connectivity index (χ0v) is 20.8. The number of fused-ring (bicyclic) bond motifs is 1. The molecule has 9 nitrogen and oxygen atoms in total. The summed E-state index contributed by atoms with van der Waals surface area (Å²) in [6, 6.07) is 14.7. The van der Waals surface area contributed by atoms with Gasteiger partial charge in [-0.1, -0.05) is 12.1 Å². The number of benzene rings is 2. The predicted molar refractivity (Wildman–Crippen MR) is 135 cm³/mol. The van der Waals surface area contributed by atoms with E-state index in [4.69, 9.17) is 24.7 Å². The van der Waals surface area contributed by atoms with E-state index in [1.165, 1.54) is 33.0 Å². The number of hydrogen-bond donors (Lipinski definition) is 1. The SMILES string of the molecule is COc1ccc(/C=c2/sc3n(c2=O)C(N)=C(C#N)[C@H](c2ccc(OC)c(OC)c2)C=3C#N)cc1OC. The number of aromatic nitrogens is 1. The van der Waals surface area contributed by atoms with Gasteiger partial charge in [0.2, 0.25) is 0 Å². The molecular formula is C26H22N4O5S. The lowest BCUT2D eigenvalue weighted by molar-refractivity contribution is 0.354. The van der Waals surface area contributed by atoms with E-state index in [2.05, 4.69) is 12.1 Å². The number of rotatable bonds is 6. The Morgan fingerprint density at radius 2 is 1.47 bits per heavy atom. The third kappa shape index (κ3) is 3.94. The number of methoxy groups -OCH3 is 4. The first-order valence-corrected chi connectivity index (χ1v) is 11.5. The molecular weight excluding hydrogens is 480 g/mol. The monoisotopic (exact) mass is 502 g/mol. The van der Waals surface area contributed by atoms with E-state index in [-0.39, 0.29) is 17.0 Å². The van der Waals surface area contributed by atoms with Gasteiger partial charge in [0, 0.05) is 0 Å². The molecule has 0 bridgehead atoms. The molecule has 36 heavy (non-hydrogen) atoms. The van der Waals surface area contributed by atoms with E-state index in [0.29, 0.717) is 43.3 Å². The van der Waals surface area contributed by atoms with Crippen LogP contribution in [0.3, 0.4) is 0 Å². The van der Waals surface area contributed by atoms with Crippen LogP contribution in [0.25, 0.3) is 17.5 Å². The summed E-state index contributed by atoms with van der Waals surface area (Å²) >= 11 is 1.13. The van der Waals surface area contributed by atoms with Crippen molar-refractivity contribution in [3.05, 3.63) is 72.6 Å². The van der Waals surface area contributed by atoms with Crippen molar-refractivity contribution in [2.75, 3.05) is 28.4 Å². The van der Waals surface area contributed by atoms with Crippen molar-refractivity contribution in [2.45, 2.75) is 5.92 Å². The lowest BCUT2D eigenvalue weighted by Crippen LogP contribution is -2.38. The second-order valence-corrected chi connectivity index (χ2v) is 8.69. The molecule has 1 atom stereocenters. The first-order chi connectivity index (χ1) is 17.4. The molecule has 3 aromatic rings. The lowest BCUT2D eigenvalue weighted by atomic mass is 9.84. The maximum absolute atomic E-state index is 13.4. The van der Waals surface area contributed by atoms with Gasteiger partial charge < -0.3 is 24.7 Å². The molecule has 0 amide bonds. The molecule has 2 heterocycles. The van der Waals surface area contributed by atoms with Crippen LogP contribution in [-0.4, -0.2) is 33.0 Å². The van der Waals surface area contributed by atoms with Crippen molar-refractivity contribution in [1.82, 2.24) is 4.57 Å². The van der Waals surface area contributed by atoms with Gasteiger partial charge in [0.05, 0.1) is 62.2 Å². The number of nitrogens with zero attached hydrogens (tertiary/aromatic N) is 3. The van der Waals surface area contributed by atoms with Crippen molar-refractivity contribution in [3.8, 4) is 35.1 Å². The molecule has 10 heteroatoms.